The average Bonchev–Trinajstić information content (AvgIpc) is 2.27. The Morgan fingerprint density at radius 2 is 1.72 bits per heavy atom. The van der Waals surface area contributed by atoms with Crippen LogP contribution in [0.3, 0.4) is 0 Å². The van der Waals surface area contributed by atoms with E-state index in [0.29, 0.717) is 0 Å². The van der Waals surface area contributed by atoms with Gasteiger partial charge in [0.25, 0.3) is 0 Å². The zero-order valence-corrected chi connectivity index (χ0v) is 12.2. The first-order valence-electron chi connectivity index (χ1n) is 5.96. The van der Waals surface area contributed by atoms with Crippen LogP contribution in [0, 0.1) is 13.8 Å². The second-order valence-electron chi connectivity index (χ2n) is 4.62. The minimum Gasteiger partial charge on any atom is -0.387 e. The number of likely N-dealkylation sites (N-methyl/N-ethyl adjacent to an activating group) is 1. The highest BCUT2D eigenvalue weighted by Crippen LogP contribution is 2.18. The Labute approximate surface area is 109 Å². The molecular formula is C13H21NO3S. The molecule has 0 aromatic heterocycles. The number of hydrogen-bond acceptors (Lipinski definition) is 3. The molecule has 1 atom stereocenters. The summed E-state index contributed by atoms with van der Waals surface area (Å²) in [4.78, 5) is 0. The molecule has 0 heterocycles. The molecule has 102 valence electrons. The minimum atomic E-state index is -3.25. The third kappa shape index (κ3) is 3.80. The summed E-state index contributed by atoms with van der Waals surface area (Å²) in [5.41, 5.74) is 2.88. The van der Waals surface area contributed by atoms with Gasteiger partial charge in [-0.25, -0.2) is 12.7 Å². The molecule has 18 heavy (non-hydrogen) atoms. The van der Waals surface area contributed by atoms with E-state index in [1.54, 1.807) is 6.92 Å². The third-order valence-corrected chi connectivity index (χ3v) is 4.73. The molecule has 0 aliphatic carbocycles. The fourth-order valence-corrected chi connectivity index (χ4v) is 2.69. The molecule has 0 saturated carbocycles. The molecule has 0 spiro atoms. The van der Waals surface area contributed by atoms with E-state index in [9.17, 15) is 13.5 Å². The van der Waals surface area contributed by atoms with Crippen molar-refractivity contribution in [2.24, 2.45) is 0 Å². The number of aliphatic hydroxyl groups excluding tert-OH is 1. The van der Waals surface area contributed by atoms with Crippen LogP contribution in [0.4, 0.5) is 0 Å². The molecular weight excluding hydrogens is 250 g/mol. The van der Waals surface area contributed by atoms with Crippen molar-refractivity contribution in [1.82, 2.24) is 4.31 Å². The normalized spacial score (nSPS) is 13.9. The van der Waals surface area contributed by atoms with Crippen molar-refractivity contribution in [3.05, 3.63) is 34.9 Å². The highest BCUT2D eigenvalue weighted by Gasteiger charge is 2.19. The predicted molar refractivity (Wildman–Crippen MR) is 73.0 cm³/mol. The van der Waals surface area contributed by atoms with Crippen LogP contribution in [0.25, 0.3) is 0 Å². The van der Waals surface area contributed by atoms with Crippen LogP contribution in [-0.2, 0) is 10.0 Å². The van der Waals surface area contributed by atoms with Gasteiger partial charge < -0.3 is 5.11 Å². The summed E-state index contributed by atoms with van der Waals surface area (Å²) in [7, 11) is -1.76. The summed E-state index contributed by atoms with van der Waals surface area (Å²) in [5, 5.41) is 10.1. The summed E-state index contributed by atoms with van der Waals surface area (Å²) in [5.74, 6) is 0.0447. The molecule has 5 heteroatoms. The van der Waals surface area contributed by atoms with Crippen LogP contribution in [0.2, 0.25) is 0 Å². The van der Waals surface area contributed by atoms with Crippen LogP contribution >= 0.6 is 0 Å². The van der Waals surface area contributed by atoms with Gasteiger partial charge in [0.1, 0.15) is 0 Å². The number of sulfonamides is 1. The maximum absolute atomic E-state index is 11.6. The van der Waals surface area contributed by atoms with E-state index in [1.807, 2.05) is 32.0 Å². The lowest BCUT2D eigenvalue weighted by Crippen LogP contribution is -2.32. The number of benzene rings is 1. The number of hydrogen-bond donors (Lipinski definition) is 1. The van der Waals surface area contributed by atoms with Crippen molar-refractivity contribution < 1.29 is 13.5 Å². The Bertz CT molecular complexity index is 491. The average molecular weight is 271 g/mol. The number of aryl methyl sites for hydroxylation is 2. The minimum absolute atomic E-state index is 0.0447. The summed E-state index contributed by atoms with van der Waals surface area (Å²) < 4.78 is 24.4. The van der Waals surface area contributed by atoms with Gasteiger partial charge in [0.15, 0.2) is 0 Å². The lowest BCUT2D eigenvalue weighted by atomic mass is 10.0. The number of aliphatic hydroxyl groups is 1. The van der Waals surface area contributed by atoms with Gasteiger partial charge >= 0.3 is 0 Å². The van der Waals surface area contributed by atoms with Crippen molar-refractivity contribution in [2.75, 3.05) is 19.3 Å². The summed E-state index contributed by atoms with van der Waals surface area (Å²) in [6, 6.07) is 5.77. The zero-order valence-electron chi connectivity index (χ0n) is 11.3. The molecule has 1 aromatic rings. The molecule has 1 unspecified atom stereocenters. The van der Waals surface area contributed by atoms with Gasteiger partial charge in [0.05, 0.1) is 11.9 Å². The molecule has 0 fully saturated rings. The molecule has 1 N–H and O–H groups in total. The van der Waals surface area contributed by atoms with Crippen LogP contribution in [0.1, 0.15) is 29.7 Å². The van der Waals surface area contributed by atoms with Crippen molar-refractivity contribution in [3.63, 3.8) is 0 Å². The highest BCUT2D eigenvalue weighted by atomic mass is 32.2. The Hall–Kier alpha value is -0.910. The van der Waals surface area contributed by atoms with E-state index in [4.69, 9.17) is 0 Å². The summed E-state index contributed by atoms with van der Waals surface area (Å²) in [6.07, 6.45) is -0.796. The molecule has 4 nitrogen and oxygen atoms in total. The lowest BCUT2D eigenvalue weighted by Gasteiger charge is -2.20. The zero-order chi connectivity index (χ0) is 13.9. The Morgan fingerprint density at radius 1 is 1.22 bits per heavy atom. The van der Waals surface area contributed by atoms with Gasteiger partial charge in [-0.15, -0.1) is 0 Å². The monoisotopic (exact) mass is 271 g/mol. The fraction of sp³-hybridized carbons (Fsp3) is 0.538. The summed E-state index contributed by atoms with van der Waals surface area (Å²) >= 11 is 0. The molecule has 0 aliphatic heterocycles. The summed E-state index contributed by atoms with van der Waals surface area (Å²) in [6.45, 7) is 5.58. The standard InChI is InChI=1S/C13H21NO3S/c1-5-18(16,17)14(4)9-13(15)12-7-10(2)6-11(3)8-12/h6-8,13,15H,5,9H2,1-4H3. The van der Waals surface area contributed by atoms with Crippen LogP contribution < -0.4 is 0 Å². The van der Waals surface area contributed by atoms with Gasteiger partial charge in [-0.2, -0.15) is 0 Å². The molecule has 0 radical (unpaired) electrons. The predicted octanol–water partition coefficient (Wildman–Crippen LogP) is 1.62. The van der Waals surface area contributed by atoms with Gasteiger partial charge in [-0.05, 0) is 26.3 Å². The van der Waals surface area contributed by atoms with Crippen molar-refractivity contribution >= 4 is 10.0 Å². The SMILES string of the molecule is CCS(=O)(=O)N(C)CC(O)c1cc(C)cc(C)c1. The first kappa shape index (κ1) is 15.1. The number of rotatable bonds is 5. The van der Waals surface area contributed by atoms with Crippen LogP contribution in [0.5, 0.6) is 0 Å². The van der Waals surface area contributed by atoms with Crippen LogP contribution in [-0.4, -0.2) is 37.2 Å². The molecule has 1 aromatic carbocycles. The van der Waals surface area contributed by atoms with Crippen molar-refractivity contribution in [2.45, 2.75) is 26.9 Å². The Kier molecular flexibility index (Phi) is 4.90. The molecule has 0 saturated heterocycles. The second-order valence-corrected chi connectivity index (χ2v) is 6.98. The van der Waals surface area contributed by atoms with E-state index in [-0.39, 0.29) is 12.3 Å². The smallest absolute Gasteiger partial charge is 0.213 e. The van der Waals surface area contributed by atoms with E-state index in [1.165, 1.54) is 11.4 Å². The lowest BCUT2D eigenvalue weighted by molar-refractivity contribution is 0.155. The molecule has 0 aliphatic rings. The Balaban J connectivity index is 2.86. The van der Waals surface area contributed by atoms with E-state index in [2.05, 4.69) is 0 Å². The molecule has 0 amide bonds. The van der Waals surface area contributed by atoms with Gasteiger partial charge in [0, 0.05) is 13.6 Å². The molecule has 1 rings (SSSR count). The first-order chi connectivity index (χ1) is 8.26. The van der Waals surface area contributed by atoms with Gasteiger partial charge in [0.2, 0.25) is 10.0 Å². The second kappa shape index (κ2) is 5.82. The van der Waals surface area contributed by atoms with Crippen molar-refractivity contribution in [3.8, 4) is 0 Å². The van der Waals surface area contributed by atoms with Gasteiger partial charge in [-0.3, -0.25) is 0 Å². The third-order valence-electron chi connectivity index (χ3n) is 2.90. The Morgan fingerprint density at radius 3 is 2.17 bits per heavy atom. The number of nitrogens with zero attached hydrogens (tertiary/aromatic N) is 1. The van der Waals surface area contributed by atoms with E-state index in [0.717, 1.165) is 16.7 Å². The van der Waals surface area contributed by atoms with E-state index < -0.39 is 16.1 Å². The van der Waals surface area contributed by atoms with Crippen LogP contribution in [0.15, 0.2) is 18.2 Å². The van der Waals surface area contributed by atoms with Crippen molar-refractivity contribution in [1.29, 1.82) is 0 Å². The highest BCUT2D eigenvalue weighted by molar-refractivity contribution is 7.89. The fourth-order valence-electron chi connectivity index (χ4n) is 1.89. The largest absolute Gasteiger partial charge is 0.387 e. The van der Waals surface area contributed by atoms with E-state index >= 15 is 0 Å². The maximum atomic E-state index is 11.6. The first-order valence-corrected chi connectivity index (χ1v) is 7.57. The maximum Gasteiger partial charge on any atom is 0.213 e. The quantitative estimate of drug-likeness (QED) is 0.885. The van der Waals surface area contributed by atoms with Gasteiger partial charge in [-0.1, -0.05) is 29.3 Å². The molecule has 0 bridgehead atoms. The topological polar surface area (TPSA) is 57.6 Å².